The molecular formula is C23H22ClFN2O3S. The van der Waals surface area contributed by atoms with Crippen molar-refractivity contribution in [1.29, 1.82) is 0 Å². The minimum Gasteiger partial charge on any atom is -0.348 e. The number of nitrogens with one attached hydrogen (secondary N) is 1. The molecule has 1 N–H and O–H groups in total. The Balaban J connectivity index is 1.89. The zero-order valence-corrected chi connectivity index (χ0v) is 18.6. The summed E-state index contributed by atoms with van der Waals surface area (Å²) < 4.78 is 40.9. The van der Waals surface area contributed by atoms with Gasteiger partial charge in [0.2, 0.25) is 5.91 Å². The van der Waals surface area contributed by atoms with Crippen molar-refractivity contribution in [3.8, 4) is 0 Å². The first-order chi connectivity index (χ1) is 14.7. The highest BCUT2D eigenvalue weighted by Gasteiger charge is 2.27. The van der Waals surface area contributed by atoms with E-state index in [1.165, 1.54) is 36.4 Å². The summed E-state index contributed by atoms with van der Waals surface area (Å²) in [5.74, 6) is -0.863. The Morgan fingerprint density at radius 1 is 1.06 bits per heavy atom. The minimum absolute atomic E-state index is 0.0257. The van der Waals surface area contributed by atoms with Crippen molar-refractivity contribution in [1.82, 2.24) is 5.32 Å². The van der Waals surface area contributed by atoms with Crippen LogP contribution in [-0.4, -0.2) is 20.9 Å². The summed E-state index contributed by atoms with van der Waals surface area (Å²) >= 11 is 5.89. The van der Waals surface area contributed by atoms with Gasteiger partial charge in [-0.3, -0.25) is 9.10 Å². The molecule has 0 aliphatic rings. The van der Waals surface area contributed by atoms with E-state index in [0.29, 0.717) is 16.3 Å². The standard InChI is InChI=1S/C23H22ClFN2O3S/c1-16-4-3-5-21(14-16)27(31(29,30)22-12-8-19(24)9-13-22)15-23(28)26-17(2)18-6-10-20(25)11-7-18/h3-14,17H,15H2,1-2H3,(H,26,28). The predicted molar refractivity (Wildman–Crippen MR) is 120 cm³/mol. The molecule has 8 heteroatoms. The fraction of sp³-hybridized carbons (Fsp3) is 0.174. The SMILES string of the molecule is Cc1cccc(N(CC(=O)NC(C)c2ccc(F)cc2)S(=O)(=O)c2ccc(Cl)cc2)c1. The van der Waals surface area contributed by atoms with Gasteiger partial charge in [-0.15, -0.1) is 0 Å². The first-order valence-corrected chi connectivity index (χ1v) is 11.4. The van der Waals surface area contributed by atoms with Crippen molar-refractivity contribution in [3.05, 3.63) is 94.8 Å². The van der Waals surface area contributed by atoms with Crippen LogP contribution in [-0.2, 0) is 14.8 Å². The number of benzene rings is 3. The number of hydrogen-bond acceptors (Lipinski definition) is 3. The molecule has 1 unspecified atom stereocenters. The zero-order chi connectivity index (χ0) is 22.6. The molecule has 0 fully saturated rings. The van der Waals surface area contributed by atoms with Gasteiger partial charge in [0.1, 0.15) is 12.4 Å². The van der Waals surface area contributed by atoms with Crippen LogP contribution >= 0.6 is 11.6 Å². The van der Waals surface area contributed by atoms with E-state index in [4.69, 9.17) is 11.6 Å². The summed E-state index contributed by atoms with van der Waals surface area (Å²) in [6.45, 7) is 3.17. The molecule has 0 aromatic heterocycles. The molecule has 3 aromatic rings. The monoisotopic (exact) mass is 460 g/mol. The molecule has 0 bridgehead atoms. The molecule has 3 aromatic carbocycles. The van der Waals surface area contributed by atoms with Crippen molar-refractivity contribution in [3.63, 3.8) is 0 Å². The third kappa shape index (κ3) is 5.62. The van der Waals surface area contributed by atoms with Gasteiger partial charge in [0, 0.05) is 5.02 Å². The predicted octanol–water partition coefficient (Wildman–Crippen LogP) is 4.86. The van der Waals surface area contributed by atoms with Crippen LogP contribution in [0.5, 0.6) is 0 Å². The van der Waals surface area contributed by atoms with Gasteiger partial charge in [-0.25, -0.2) is 12.8 Å². The number of aryl methyl sites for hydroxylation is 1. The van der Waals surface area contributed by atoms with Gasteiger partial charge in [0.15, 0.2) is 0 Å². The van der Waals surface area contributed by atoms with Gasteiger partial charge >= 0.3 is 0 Å². The lowest BCUT2D eigenvalue weighted by Crippen LogP contribution is -2.41. The fourth-order valence-electron chi connectivity index (χ4n) is 3.08. The van der Waals surface area contributed by atoms with Gasteiger partial charge in [-0.05, 0) is 73.5 Å². The molecule has 1 amide bonds. The number of amides is 1. The van der Waals surface area contributed by atoms with Crippen molar-refractivity contribution >= 4 is 33.2 Å². The first kappa shape index (κ1) is 22.8. The third-order valence-electron chi connectivity index (χ3n) is 4.73. The Hall–Kier alpha value is -2.90. The molecule has 0 heterocycles. The normalized spacial score (nSPS) is 12.3. The van der Waals surface area contributed by atoms with Crippen LogP contribution in [0.25, 0.3) is 0 Å². The number of rotatable bonds is 7. The second-order valence-corrected chi connectivity index (χ2v) is 9.44. The van der Waals surface area contributed by atoms with Gasteiger partial charge in [-0.2, -0.15) is 0 Å². The number of halogens is 2. The summed E-state index contributed by atoms with van der Waals surface area (Å²) in [7, 11) is -4.02. The lowest BCUT2D eigenvalue weighted by Gasteiger charge is -2.25. The molecule has 0 saturated heterocycles. The lowest BCUT2D eigenvalue weighted by atomic mass is 10.1. The first-order valence-electron chi connectivity index (χ1n) is 9.56. The van der Waals surface area contributed by atoms with E-state index in [1.54, 1.807) is 37.3 Å². The molecule has 162 valence electrons. The van der Waals surface area contributed by atoms with Crippen molar-refractivity contribution in [2.45, 2.75) is 24.8 Å². The van der Waals surface area contributed by atoms with Gasteiger partial charge in [0.25, 0.3) is 10.0 Å². The highest BCUT2D eigenvalue weighted by molar-refractivity contribution is 7.92. The lowest BCUT2D eigenvalue weighted by molar-refractivity contribution is -0.120. The average Bonchev–Trinajstić information content (AvgIpc) is 2.72. The Morgan fingerprint density at radius 2 is 1.71 bits per heavy atom. The summed E-state index contributed by atoms with van der Waals surface area (Å²) in [6.07, 6.45) is 0. The van der Waals surface area contributed by atoms with Crippen LogP contribution in [0, 0.1) is 12.7 Å². The van der Waals surface area contributed by atoms with Crippen LogP contribution in [0.1, 0.15) is 24.1 Å². The summed E-state index contributed by atoms with van der Waals surface area (Å²) in [5, 5.41) is 3.18. The van der Waals surface area contributed by atoms with E-state index in [9.17, 15) is 17.6 Å². The maximum Gasteiger partial charge on any atom is 0.264 e. The molecule has 3 rings (SSSR count). The number of carbonyl (C=O) groups is 1. The second kappa shape index (κ2) is 9.49. The zero-order valence-electron chi connectivity index (χ0n) is 17.0. The molecule has 0 saturated carbocycles. The fourth-order valence-corrected chi connectivity index (χ4v) is 4.62. The molecule has 5 nitrogen and oxygen atoms in total. The summed E-state index contributed by atoms with van der Waals surface area (Å²) in [5.41, 5.74) is 1.94. The molecule has 0 aliphatic carbocycles. The largest absolute Gasteiger partial charge is 0.348 e. The van der Waals surface area contributed by atoms with E-state index in [1.807, 2.05) is 13.0 Å². The maximum atomic E-state index is 13.3. The van der Waals surface area contributed by atoms with Crippen molar-refractivity contribution < 1.29 is 17.6 Å². The average molecular weight is 461 g/mol. The number of nitrogens with zero attached hydrogens (tertiary/aromatic N) is 1. The van der Waals surface area contributed by atoms with Crippen LogP contribution in [0.4, 0.5) is 10.1 Å². The van der Waals surface area contributed by atoms with E-state index >= 15 is 0 Å². The topological polar surface area (TPSA) is 66.5 Å². The Labute approximate surface area is 186 Å². The van der Waals surface area contributed by atoms with Gasteiger partial charge in [0.05, 0.1) is 16.6 Å². The van der Waals surface area contributed by atoms with Crippen LogP contribution in [0.15, 0.2) is 77.7 Å². The Morgan fingerprint density at radius 3 is 2.32 bits per heavy atom. The van der Waals surface area contributed by atoms with Crippen molar-refractivity contribution in [2.24, 2.45) is 0 Å². The number of hydrogen-bond donors (Lipinski definition) is 1. The van der Waals surface area contributed by atoms with Crippen molar-refractivity contribution in [2.75, 3.05) is 10.8 Å². The molecular weight excluding hydrogens is 439 g/mol. The third-order valence-corrected chi connectivity index (χ3v) is 6.77. The van der Waals surface area contributed by atoms with E-state index in [0.717, 1.165) is 9.87 Å². The second-order valence-electron chi connectivity index (χ2n) is 7.15. The van der Waals surface area contributed by atoms with E-state index in [-0.39, 0.29) is 10.7 Å². The quantitative estimate of drug-likeness (QED) is 0.547. The summed E-state index contributed by atoms with van der Waals surface area (Å²) in [6, 6.07) is 18.0. The van der Waals surface area contributed by atoms with E-state index in [2.05, 4.69) is 5.32 Å². The van der Waals surface area contributed by atoms with Gasteiger partial charge < -0.3 is 5.32 Å². The molecule has 1 atom stereocenters. The maximum absolute atomic E-state index is 13.3. The van der Waals surface area contributed by atoms with Crippen LogP contribution in [0.2, 0.25) is 5.02 Å². The minimum atomic E-state index is -4.02. The highest BCUT2D eigenvalue weighted by Crippen LogP contribution is 2.25. The molecule has 0 radical (unpaired) electrons. The Bertz CT molecular complexity index is 1170. The van der Waals surface area contributed by atoms with Crippen LogP contribution in [0.3, 0.4) is 0 Å². The number of anilines is 1. The van der Waals surface area contributed by atoms with Gasteiger partial charge in [-0.1, -0.05) is 35.9 Å². The number of carbonyl (C=O) groups excluding carboxylic acids is 1. The number of sulfonamides is 1. The molecule has 31 heavy (non-hydrogen) atoms. The van der Waals surface area contributed by atoms with Crippen LogP contribution < -0.4 is 9.62 Å². The molecule has 0 spiro atoms. The summed E-state index contributed by atoms with van der Waals surface area (Å²) in [4.78, 5) is 12.8. The molecule has 0 aliphatic heterocycles. The Kier molecular flexibility index (Phi) is 6.97. The highest BCUT2D eigenvalue weighted by atomic mass is 35.5. The smallest absolute Gasteiger partial charge is 0.264 e. The van der Waals surface area contributed by atoms with E-state index < -0.39 is 28.5 Å².